The number of aliphatic hydroxyl groups excluding tert-OH is 2. The second-order valence-corrected chi connectivity index (χ2v) is 16.5. The number of allylic oxidation sites excluding steroid dienone is 10. The third-order valence-electron chi connectivity index (χ3n) is 9.44. The molecule has 0 aromatic heterocycles. The van der Waals surface area contributed by atoms with Crippen LogP contribution in [0.5, 0.6) is 0 Å². The van der Waals surface area contributed by atoms with Crippen LogP contribution in [0.4, 0.5) is 0 Å². The Kier molecular flexibility index (Phi) is 42.3. The maximum atomic E-state index is 12.6. The van der Waals surface area contributed by atoms with Crippen LogP contribution in [0.15, 0.2) is 60.8 Å². The van der Waals surface area contributed by atoms with Gasteiger partial charge in [0, 0.05) is 13.0 Å². The van der Waals surface area contributed by atoms with Crippen LogP contribution in [0.1, 0.15) is 187 Å². The summed E-state index contributed by atoms with van der Waals surface area (Å²) in [6, 6.07) is 0. The highest BCUT2D eigenvalue weighted by Crippen LogP contribution is 2.43. The van der Waals surface area contributed by atoms with Crippen LogP contribution in [0, 0.1) is 0 Å². The number of hydrogen-bond acceptors (Lipinski definition) is 8. The lowest BCUT2D eigenvalue weighted by Crippen LogP contribution is -2.29. The van der Waals surface area contributed by atoms with E-state index in [0.717, 1.165) is 77.0 Å². The molecule has 0 bridgehead atoms. The maximum absolute atomic E-state index is 12.6. The lowest BCUT2D eigenvalue weighted by atomic mass is 10.1. The summed E-state index contributed by atoms with van der Waals surface area (Å²) in [5.41, 5.74) is 0. The summed E-state index contributed by atoms with van der Waals surface area (Å²) < 4.78 is 33.4. The smallest absolute Gasteiger partial charge is 0.457 e. The van der Waals surface area contributed by atoms with Gasteiger partial charge in [0.25, 0.3) is 0 Å². The molecule has 3 N–H and O–H groups in total. The number of carbonyl (C=O) groups is 1. The van der Waals surface area contributed by atoms with Crippen molar-refractivity contribution in [3.05, 3.63) is 60.8 Å². The molecule has 0 spiro atoms. The predicted molar refractivity (Wildman–Crippen MR) is 237 cm³/mol. The van der Waals surface area contributed by atoms with Gasteiger partial charge in [-0.25, -0.2) is 4.57 Å². The van der Waals surface area contributed by atoms with Gasteiger partial charge in [0.1, 0.15) is 12.2 Å². The quantitative estimate of drug-likeness (QED) is 0.0238. The van der Waals surface area contributed by atoms with Crippen LogP contribution in [0.25, 0.3) is 0 Å². The van der Waals surface area contributed by atoms with Crippen LogP contribution in [0.2, 0.25) is 0 Å². The Morgan fingerprint density at radius 1 is 0.561 bits per heavy atom. The Hall–Kier alpha value is -1.84. The topological polar surface area (TPSA) is 132 Å². The zero-order chi connectivity index (χ0) is 41.8. The number of phosphoric acid groups is 1. The standard InChI is InChI=1S/C47H85O9P/c1-3-5-7-9-11-13-15-17-19-21-22-24-26-28-30-32-34-36-38-40-53-43-46(44-55-57(51,52)54-42-45(49)41-48)56-47(50)39-37-35-33-31-29-27-25-23-20-18-16-14-12-10-8-6-4-2/h6,8,12-15,18-21,45-46,48-49H,3-5,7,9-11,16-17,22-44H2,1-2H3,(H,51,52)/b8-6-,14-12-,15-13-,20-18-,21-19-. The molecular formula is C47H85O9P. The number of esters is 1. The van der Waals surface area contributed by atoms with Gasteiger partial charge in [0.2, 0.25) is 0 Å². The number of ether oxygens (including phenoxy) is 2. The fourth-order valence-corrected chi connectivity index (χ4v) is 6.78. The number of carbonyl (C=O) groups excluding carboxylic acids is 1. The van der Waals surface area contributed by atoms with Crippen molar-refractivity contribution < 1.29 is 43.0 Å². The number of unbranched alkanes of at least 4 members (excludes halogenated alkanes) is 19. The van der Waals surface area contributed by atoms with Gasteiger partial charge in [-0.2, -0.15) is 0 Å². The number of phosphoric ester groups is 1. The molecule has 0 aromatic rings. The van der Waals surface area contributed by atoms with Gasteiger partial charge in [-0.05, 0) is 77.0 Å². The third kappa shape index (κ3) is 43.6. The van der Waals surface area contributed by atoms with Gasteiger partial charge >= 0.3 is 13.8 Å². The molecule has 0 amide bonds. The highest BCUT2D eigenvalue weighted by atomic mass is 31.2. The van der Waals surface area contributed by atoms with Gasteiger partial charge in [-0.1, -0.05) is 164 Å². The van der Waals surface area contributed by atoms with E-state index in [4.69, 9.17) is 23.6 Å². The van der Waals surface area contributed by atoms with Crippen molar-refractivity contribution in [1.82, 2.24) is 0 Å². The lowest BCUT2D eigenvalue weighted by Gasteiger charge is -2.20. The molecule has 9 nitrogen and oxygen atoms in total. The largest absolute Gasteiger partial charge is 0.472 e. The molecule has 0 saturated carbocycles. The Morgan fingerprint density at radius 2 is 1.00 bits per heavy atom. The van der Waals surface area contributed by atoms with Crippen LogP contribution < -0.4 is 0 Å². The van der Waals surface area contributed by atoms with Crippen LogP contribution >= 0.6 is 7.82 Å². The Morgan fingerprint density at radius 3 is 1.51 bits per heavy atom. The summed E-state index contributed by atoms with van der Waals surface area (Å²) >= 11 is 0. The first kappa shape index (κ1) is 55.2. The molecule has 0 aliphatic rings. The molecule has 3 unspecified atom stereocenters. The predicted octanol–water partition coefficient (Wildman–Crippen LogP) is 12.8. The van der Waals surface area contributed by atoms with Crippen molar-refractivity contribution in [3.8, 4) is 0 Å². The zero-order valence-corrected chi connectivity index (χ0v) is 37.2. The van der Waals surface area contributed by atoms with Crippen molar-refractivity contribution in [3.63, 3.8) is 0 Å². The minimum Gasteiger partial charge on any atom is -0.457 e. The van der Waals surface area contributed by atoms with Gasteiger partial charge in [-0.15, -0.1) is 0 Å². The summed E-state index contributed by atoms with van der Waals surface area (Å²) in [5.74, 6) is -0.396. The highest BCUT2D eigenvalue weighted by Gasteiger charge is 2.26. The van der Waals surface area contributed by atoms with E-state index in [1.165, 1.54) is 83.5 Å². The zero-order valence-electron chi connectivity index (χ0n) is 36.3. The van der Waals surface area contributed by atoms with Crippen molar-refractivity contribution in [2.45, 2.75) is 199 Å². The van der Waals surface area contributed by atoms with E-state index in [9.17, 15) is 19.4 Å². The first-order chi connectivity index (χ1) is 27.8. The minimum absolute atomic E-state index is 0.0390. The molecule has 0 aliphatic heterocycles. The fourth-order valence-electron chi connectivity index (χ4n) is 5.99. The van der Waals surface area contributed by atoms with E-state index in [1.807, 2.05) is 0 Å². The first-order valence-corrected chi connectivity index (χ1v) is 24.3. The Bertz CT molecular complexity index is 1070. The number of aliphatic hydroxyl groups is 2. The molecule has 57 heavy (non-hydrogen) atoms. The second kappa shape index (κ2) is 43.7. The van der Waals surface area contributed by atoms with Crippen molar-refractivity contribution in [1.29, 1.82) is 0 Å². The Balaban J connectivity index is 4.17. The van der Waals surface area contributed by atoms with Gasteiger partial charge in [0.05, 0.1) is 26.4 Å². The van der Waals surface area contributed by atoms with E-state index in [-0.39, 0.29) is 19.6 Å². The first-order valence-electron chi connectivity index (χ1n) is 22.8. The van der Waals surface area contributed by atoms with Gasteiger partial charge < -0.3 is 24.6 Å². The Labute approximate surface area is 349 Å². The van der Waals surface area contributed by atoms with Crippen molar-refractivity contribution >= 4 is 13.8 Å². The monoisotopic (exact) mass is 825 g/mol. The number of rotatable bonds is 43. The van der Waals surface area contributed by atoms with Crippen LogP contribution in [-0.2, 0) is 27.9 Å². The summed E-state index contributed by atoms with van der Waals surface area (Å²) in [5, 5.41) is 18.4. The number of hydrogen-bond donors (Lipinski definition) is 3. The molecule has 0 saturated heterocycles. The molecule has 0 aliphatic carbocycles. The molecular weight excluding hydrogens is 739 g/mol. The van der Waals surface area contributed by atoms with E-state index in [2.05, 4.69) is 74.6 Å². The van der Waals surface area contributed by atoms with Crippen molar-refractivity contribution in [2.75, 3.05) is 33.0 Å². The average Bonchev–Trinajstić information content (AvgIpc) is 3.20. The molecule has 10 heteroatoms. The molecule has 0 rings (SSSR count). The molecule has 0 radical (unpaired) electrons. The summed E-state index contributed by atoms with van der Waals surface area (Å²) in [7, 11) is -4.53. The minimum atomic E-state index is -4.53. The average molecular weight is 825 g/mol. The van der Waals surface area contributed by atoms with Gasteiger partial charge in [-0.3, -0.25) is 13.8 Å². The molecule has 0 heterocycles. The molecule has 3 atom stereocenters. The van der Waals surface area contributed by atoms with E-state index in [1.54, 1.807) is 0 Å². The van der Waals surface area contributed by atoms with Crippen LogP contribution in [-0.4, -0.2) is 66.3 Å². The van der Waals surface area contributed by atoms with Gasteiger partial charge in [0.15, 0.2) is 0 Å². The normalized spacial score (nSPS) is 14.5. The van der Waals surface area contributed by atoms with Crippen LogP contribution in [0.3, 0.4) is 0 Å². The molecule has 332 valence electrons. The van der Waals surface area contributed by atoms with E-state index in [0.29, 0.717) is 13.0 Å². The lowest BCUT2D eigenvalue weighted by molar-refractivity contribution is -0.154. The SMILES string of the molecule is CC/C=C\C/C=C\C/C=C\CCCCCCCCCC(=O)OC(COCCCCCCCCCC/C=C\C/C=C\CCCCCC)COP(=O)(O)OCC(O)CO. The summed E-state index contributed by atoms with van der Waals surface area (Å²) in [6.45, 7) is 3.37. The molecule has 0 aromatic carbocycles. The molecule has 0 fully saturated rings. The summed E-state index contributed by atoms with van der Waals surface area (Å²) in [4.78, 5) is 22.6. The third-order valence-corrected chi connectivity index (χ3v) is 10.4. The summed E-state index contributed by atoms with van der Waals surface area (Å²) in [6.07, 6.45) is 50.3. The fraction of sp³-hybridized carbons (Fsp3) is 0.766. The highest BCUT2D eigenvalue weighted by molar-refractivity contribution is 7.47. The maximum Gasteiger partial charge on any atom is 0.472 e. The van der Waals surface area contributed by atoms with Crippen molar-refractivity contribution in [2.24, 2.45) is 0 Å². The second-order valence-electron chi connectivity index (χ2n) is 15.0. The van der Waals surface area contributed by atoms with E-state index >= 15 is 0 Å². The van der Waals surface area contributed by atoms with E-state index < -0.39 is 39.2 Å².